The molecule has 3 rings (SSSR count). The Morgan fingerprint density at radius 1 is 1.29 bits per heavy atom. The van der Waals surface area contributed by atoms with Crippen LogP contribution < -0.4 is 5.56 Å². The molecule has 0 atom stereocenters. The monoisotopic (exact) mass is 302 g/mol. The van der Waals surface area contributed by atoms with Gasteiger partial charge in [-0.2, -0.15) is 0 Å². The van der Waals surface area contributed by atoms with Gasteiger partial charge in [0.15, 0.2) is 0 Å². The van der Waals surface area contributed by atoms with Crippen molar-refractivity contribution in [2.24, 2.45) is 4.99 Å². The van der Waals surface area contributed by atoms with Crippen molar-refractivity contribution in [1.29, 1.82) is 0 Å². The van der Waals surface area contributed by atoms with Crippen LogP contribution in [0.2, 0.25) is 0 Å². The first kappa shape index (κ1) is 13.4. The zero-order valence-corrected chi connectivity index (χ0v) is 11.9. The van der Waals surface area contributed by atoms with Crippen molar-refractivity contribution in [2.45, 2.75) is 6.92 Å². The summed E-state index contributed by atoms with van der Waals surface area (Å²) in [6.07, 6.45) is 1.48. The first-order valence-corrected chi connectivity index (χ1v) is 7.04. The molecule has 2 aromatic heterocycles. The van der Waals surface area contributed by atoms with E-state index in [1.165, 1.54) is 29.7 Å². The van der Waals surface area contributed by atoms with Gasteiger partial charge in [0.1, 0.15) is 5.82 Å². The molecule has 7 heteroatoms. The second-order valence-corrected chi connectivity index (χ2v) is 5.23. The van der Waals surface area contributed by atoms with Gasteiger partial charge in [-0.3, -0.25) is 9.89 Å². The van der Waals surface area contributed by atoms with Crippen molar-refractivity contribution in [3.8, 4) is 11.3 Å². The summed E-state index contributed by atoms with van der Waals surface area (Å²) in [7, 11) is 0. The van der Waals surface area contributed by atoms with Gasteiger partial charge in [0, 0.05) is 22.9 Å². The molecule has 0 unspecified atom stereocenters. The Kier molecular flexibility index (Phi) is 3.49. The lowest BCUT2D eigenvalue weighted by molar-refractivity contribution is 0.628. The lowest BCUT2D eigenvalue weighted by Crippen LogP contribution is -2.04. The van der Waals surface area contributed by atoms with Crippen LogP contribution >= 0.6 is 11.3 Å². The van der Waals surface area contributed by atoms with E-state index in [4.69, 9.17) is 0 Å². The van der Waals surface area contributed by atoms with Gasteiger partial charge < -0.3 is 5.10 Å². The van der Waals surface area contributed by atoms with Crippen molar-refractivity contribution in [1.82, 2.24) is 15.2 Å². The number of thiazole rings is 1. The van der Waals surface area contributed by atoms with Gasteiger partial charge in [-0.15, -0.1) is 11.3 Å². The minimum absolute atomic E-state index is 0.216. The molecule has 2 heterocycles. The van der Waals surface area contributed by atoms with E-state index < -0.39 is 0 Å². The van der Waals surface area contributed by atoms with Gasteiger partial charge in [-0.25, -0.2) is 14.4 Å². The number of aromatic amines is 2. The number of nitrogens with zero attached hydrogens (tertiary/aromatic N) is 2. The number of nitrogens with one attached hydrogen (secondary N) is 2. The maximum absolute atomic E-state index is 12.9. The summed E-state index contributed by atoms with van der Waals surface area (Å²) in [5.41, 5.74) is 2.54. The number of benzene rings is 1. The van der Waals surface area contributed by atoms with E-state index in [1.807, 2.05) is 5.38 Å². The molecule has 0 aliphatic rings. The number of rotatable bonds is 3. The van der Waals surface area contributed by atoms with Crippen molar-refractivity contribution < 1.29 is 4.39 Å². The van der Waals surface area contributed by atoms with Crippen LogP contribution in [-0.4, -0.2) is 21.4 Å². The summed E-state index contributed by atoms with van der Waals surface area (Å²) in [5.74, 6) is -0.283. The van der Waals surface area contributed by atoms with Gasteiger partial charge in [-0.1, -0.05) is 0 Å². The van der Waals surface area contributed by atoms with Crippen LogP contribution in [0.5, 0.6) is 0 Å². The molecule has 1 aromatic carbocycles. The molecule has 3 aromatic rings. The maximum atomic E-state index is 12.9. The fraction of sp³-hybridized carbons (Fsp3) is 0.0714. The highest BCUT2D eigenvalue weighted by Gasteiger charge is 2.05. The lowest BCUT2D eigenvalue weighted by Gasteiger charge is -1.94. The van der Waals surface area contributed by atoms with E-state index in [-0.39, 0.29) is 11.4 Å². The molecule has 5 nitrogen and oxygen atoms in total. The number of halogens is 1. The molecule has 0 spiro atoms. The smallest absolute Gasteiger partial charge is 0.272 e. The van der Waals surface area contributed by atoms with Crippen LogP contribution in [-0.2, 0) is 0 Å². The molecule has 0 fully saturated rings. The third-order valence-electron chi connectivity index (χ3n) is 2.95. The van der Waals surface area contributed by atoms with Crippen molar-refractivity contribution >= 4 is 22.7 Å². The summed E-state index contributed by atoms with van der Waals surface area (Å²) in [4.78, 5) is 20.0. The minimum atomic E-state index is -0.283. The van der Waals surface area contributed by atoms with Crippen LogP contribution in [0.4, 0.5) is 9.52 Å². The maximum Gasteiger partial charge on any atom is 0.272 e. The molecule has 0 saturated heterocycles. The van der Waals surface area contributed by atoms with E-state index in [9.17, 15) is 9.18 Å². The zero-order chi connectivity index (χ0) is 14.8. The van der Waals surface area contributed by atoms with Crippen LogP contribution in [0.3, 0.4) is 0 Å². The first-order valence-electron chi connectivity index (χ1n) is 6.16. The summed E-state index contributed by atoms with van der Waals surface area (Å²) >= 11 is 1.36. The number of hydrogen-bond donors (Lipinski definition) is 2. The van der Waals surface area contributed by atoms with E-state index >= 15 is 0 Å². The second-order valence-electron chi connectivity index (χ2n) is 4.40. The van der Waals surface area contributed by atoms with Gasteiger partial charge >= 0.3 is 0 Å². The Morgan fingerprint density at radius 3 is 2.71 bits per heavy atom. The number of aryl methyl sites for hydroxylation is 1. The first-order chi connectivity index (χ1) is 10.1. The highest BCUT2D eigenvalue weighted by molar-refractivity contribution is 7.13. The Balaban J connectivity index is 1.85. The van der Waals surface area contributed by atoms with Gasteiger partial charge in [0.05, 0.1) is 11.3 Å². The number of H-pyrrole nitrogens is 2. The molecule has 0 aliphatic carbocycles. The van der Waals surface area contributed by atoms with Gasteiger partial charge in [-0.05, 0) is 31.2 Å². The van der Waals surface area contributed by atoms with E-state index in [2.05, 4.69) is 20.2 Å². The van der Waals surface area contributed by atoms with Gasteiger partial charge in [0.2, 0.25) is 5.13 Å². The molecule has 0 amide bonds. The molecule has 0 saturated carbocycles. The standard InChI is InChI=1S/C14H11FN4OS/c1-8-11(13(20)19-18-8)6-16-14-17-12(7-21-14)9-2-4-10(15)5-3-9/h2-7H,1H3,(H2,18,19,20). The Bertz CT molecular complexity index is 844. The molecular weight excluding hydrogens is 291 g/mol. The van der Waals surface area contributed by atoms with Crippen molar-refractivity contribution in [2.75, 3.05) is 0 Å². The summed E-state index contributed by atoms with van der Waals surface area (Å²) in [5, 5.41) is 7.59. The molecule has 0 bridgehead atoms. The fourth-order valence-corrected chi connectivity index (χ4v) is 2.48. The third kappa shape index (κ3) is 2.82. The topological polar surface area (TPSA) is 73.9 Å². The molecule has 106 valence electrons. The van der Waals surface area contributed by atoms with Crippen LogP contribution in [0.1, 0.15) is 11.3 Å². The molecular formula is C14H11FN4OS. The summed E-state index contributed by atoms with van der Waals surface area (Å²) < 4.78 is 12.9. The summed E-state index contributed by atoms with van der Waals surface area (Å²) in [6.45, 7) is 1.78. The second kappa shape index (κ2) is 5.45. The van der Waals surface area contributed by atoms with E-state index in [0.717, 1.165) is 17.0 Å². The Labute approximate surface area is 123 Å². The van der Waals surface area contributed by atoms with Crippen molar-refractivity contribution in [3.63, 3.8) is 0 Å². The highest BCUT2D eigenvalue weighted by Crippen LogP contribution is 2.26. The average molecular weight is 302 g/mol. The Morgan fingerprint density at radius 2 is 2.05 bits per heavy atom. The van der Waals surface area contributed by atoms with Crippen LogP contribution in [0, 0.1) is 12.7 Å². The predicted octanol–water partition coefficient (Wildman–Crippen LogP) is 3.02. The van der Waals surface area contributed by atoms with Gasteiger partial charge in [0.25, 0.3) is 5.56 Å². The highest BCUT2D eigenvalue weighted by atomic mass is 32.1. The number of aromatic nitrogens is 3. The lowest BCUT2D eigenvalue weighted by atomic mass is 10.2. The molecule has 0 aliphatic heterocycles. The number of aliphatic imine (C=N–C) groups is 1. The third-order valence-corrected chi connectivity index (χ3v) is 3.70. The normalized spacial score (nSPS) is 11.3. The van der Waals surface area contributed by atoms with E-state index in [0.29, 0.717) is 10.7 Å². The average Bonchev–Trinajstić information content (AvgIpc) is 3.06. The largest absolute Gasteiger partial charge is 0.302 e. The molecule has 2 N–H and O–H groups in total. The van der Waals surface area contributed by atoms with Crippen molar-refractivity contribution in [3.05, 3.63) is 57.1 Å². The van der Waals surface area contributed by atoms with Crippen LogP contribution in [0.15, 0.2) is 39.4 Å². The van der Waals surface area contributed by atoms with Crippen LogP contribution in [0.25, 0.3) is 11.3 Å². The molecule has 0 radical (unpaired) electrons. The number of hydrogen-bond acceptors (Lipinski definition) is 4. The quantitative estimate of drug-likeness (QED) is 0.730. The zero-order valence-electron chi connectivity index (χ0n) is 11.1. The molecule has 21 heavy (non-hydrogen) atoms. The predicted molar refractivity (Wildman–Crippen MR) is 80.9 cm³/mol. The van der Waals surface area contributed by atoms with E-state index in [1.54, 1.807) is 19.1 Å². The minimum Gasteiger partial charge on any atom is -0.302 e. The SMILES string of the molecule is Cc1[nH][nH]c(=O)c1C=Nc1nc(-c2ccc(F)cc2)cs1. The summed E-state index contributed by atoms with van der Waals surface area (Å²) in [6, 6.07) is 6.11. The fourth-order valence-electron chi connectivity index (χ4n) is 1.81. The Hall–Kier alpha value is -2.54.